The molecule has 0 heterocycles. The molecule has 25 heavy (non-hydrogen) atoms. The van der Waals surface area contributed by atoms with E-state index in [0.29, 0.717) is 34.4 Å². The van der Waals surface area contributed by atoms with Crippen LogP contribution in [0.5, 0.6) is 0 Å². The van der Waals surface area contributed by atoms with Crippen molar-refractivity contribution in [2.24, 2.45) is 17.8 Å². The fourth-order valence-electron chi connectivity index (χ4n) is 3.72. The molecule has 0 radical (unpaired) electrons. The topological polar surface area (TPSA) is 72.5 Å². The van der Waals surface area contributed by atoms with Crippen LogP contribution in [-0.4, -0.2) is 24.3 Å². The molecule has 1 aromatic rings. The van der Waals surface area contributed by atoms with E-state index in [2.05, 4.69) is 5.32 Å². The van der Waals surface area contributed by atoms with Gasteiger partial charge in [0.2, 0.25) is 0 Å². The first-order valence-corrected chi connectivity index (χ1v) is 9.15. The van der Waals surface area contributed by atoms with Crippen molar-refractivity contribution < 1.29 is 19.1 Å². The Labute approximate surface area is 156 Å². The SMILES string of the molecule is O=C(COC(=O)C1C[C@H]2CCC[C@H](C1)C2=O)Nc1c(Cl)cccc1Cl. The Morgan fingerprint density at radius 1 is 1.12 bits per heavy atom. The summed E-state index contributed by atoms with van der Waals surface area (Å²) in [5.74, 6) is -0.979. The Kier molecular flexibility index (Phi) is 5.64. The molecule has 2 aliphatic carbocycles. The molecular formula is C18H19Cl2NO4. The van der Waals surface area contributed by atoms with E-state index in [1.807, 2.05) is 0 Å². The number of esters is 1. The van der Waals surface area contributed by atoms with Gasteiger partial charge in [-0.25, -0.2) is 0 Å². The number of halogens is 2. The van der Waals surface area contributed by atoms with Gasteiger partial charge in [0.1, 0.15) is 5.78 Å². The highest BCUT2D eigenvalue weighted by atomic mass is 35.5. The quantitative estimate of drug-likeness (QED) is 0.800. The molecule has 0 unspecified atom stereocenters. The minimum atomic E-state index is -0.504. The number of fused-ring (bicyclic) bond motifs is 2. The number of carbonyl (C=O) groups excluding carboxylic acids is 3. The number of hydrogen-bond acceptors (Lipinski definition) is 4. The molecule has 1 amide bonds. The van der Waals surface area contributed by atoms with Crippen molar-refractivity contribution >= 4 is 46.5 Å². The second-order valence-corrected chi connectivity index (χ2v) is 7.46. The van der Waals surface area contributed by atoms with Crippen molar-refractivity contribution in [2.75, 3.05) is 11.9 Å². The van der Waals surface area contributed by atoms with E-state index in [9.17, 15) is 14.4 Å². The van der Waals surface area contributed by atoms with E-state index < -0.39 is 18.5 Å². The molecule has 0 spiro atoms. The highest BCUT2D eigenvalue weighted by molar-refractivity contribution is 6.39. The average molecular weight is 384 g/mol. The highest BCUT2D eigenvalue weighted by Gasteiger charge is 2.41. The third kappa shape index (κ3) is 4.15. The zero-order valence-electron chi connectivity index (χ0n) is 13.6. The summed E-state index contributed by atoms with van der Waals surface area (Å²) in [6.45, 7) is -0.403. The number of anilines is 1. The van der Waals surface area contributed by atoms with E-state index in [-0.39, 0.29) is 17.8 Å². The smallest absolute Gasteiger partial charge is 0.309 e. The van der Waals surface area contributed by atoms with Gasteiger partial charge in [0.25, 0.3) is 5.91 Å². The lowest BCUT2D eigenvalue weighted by Crippen LogP contribution is -2.40. The van der Waals surface area contributed by atoms with E-state index in [1.54, 1.807) is 18.2 Å². The maximum absolute atomic E-state index is 12.3. The van der Waals surface area contributed by atoms with Crippen LogP contribution in [-0.2, 0) is 19.1 Å². The Morgan fingerprint density at radius 3 is 2.32 bits per heavy atom. The van der Waals surface area contributed by atoms with Gasteiger partial charge >= 0.3 is 5.97 Å². The number of amides is 1. The lowest BCUT2D eigenvalue weighted by Gasteiger charge is -2.36. The van der Waals surface area contributed by atoms with Gasteiger partial charge in [-0.15, -0.1) is 0 Å². The van der Waals surface area contributed by atoms with Gasteiger partial charge < -0.3 is 10.1 Å². The van der Waals surface area contributed by atoms with Crippen LogP contribution in [0.15, 0.2) is 18.2 Å². The minimum Gasteiger partial charge on any atom is -0.455 e. The monoisotopic (exact) mass is 383 g/mol. The summed E-state index contributed by atoms with van der Waals surface area (Å²) in [5.41, 5.74) is 0.296. The van der Waals surface area contributed by atoms with Gasteiger partial charge in [0, 0.05) is 11.8 Å². The van der Waals surface area contributed by atoms with E-state index >= 15 is 0 Å². The number of carbonyl (C=O) groups is 3. The molecule has 3 rings (SSSR count). The van der Waals surface area contributed by atoms with Gasteiger partial charge in [-0.05, 0) is 37.8 Å². The largest absolute Gasteiger partial charge is 0.455 e. The normalized spacial score (nSPS) is 25.4. The summed E-state index contributed by atoms with van der Waals surface area (Å²) in [6, 6.07) is 4.88. The van der Waals surface area contributed by atoms with Crippen molar-refractivity contribution in [2.45, 2.75) is 32.1 Å². The number of para-hydroxylation sites is 1. The van der Waals surface area contributed by atoms with Crippen molar-refractivity contribution in [3.05, 3.63) is 28.2 Å². The molecule has 134 valence electrons. The fourth-order valence-corrected chi connectivity index (χ4v) is 4.21. The molecule has 2 saturated carbocycles. The fraction of sp³-hybridized carbons (Fsp3) is 0.500. The van der Waals surface area contributed by atoms with Crippen LogP contribution in [0.25, 0.3) is 0 Å². The summed E-state index contributed by atoms with van der Waals surface area (Å²) in [5, 5.41) is 3.17. The number of rotatable bonds is 4. The average Bonchev–Trinajstić information content (AvgIpc) is 2.56. The third-order valence-electron chi connectivity index (χ3n) is 4.95. The van der Waals surface area contributed by atoms with Crippen molar-refractivity contribution in [3.8, 4) is 0 Å². The second-order valence-electron chi connectivity index (χ2n) is 6.65. The van der Waals surface area contributed by atoms with E-state index in [1.165, 1.54) is 0 Å². The second kappa shape index (κ2) is 7.75. The molecule has 2 bridgehead atoms. The Balaban J connectivity index is 1.52. The zero-order valence-corrected chi connectivity index (χ0v) is 15.1. The van der Waals surface area contributed by atoms with Crippen LogP contribution in [0.3, 0.4) is 0 Å². The summed E-state index contributed by atoms with van der Waals surface area (Å²) < 4.78 is 5.15. The molecule has 5 nitrogen and oxygen atoms in total. The Hall–Kier alpha value is -1.59. The van der Waals surface area contributed by atoms with Gasteiger partial charge in [-0.2, -0.15) is 0 Å². The van der Waals surface area contributed by atoms with Crippen LogP contribution in [0, 0.1) is 17.8 Å². The molecule has 0 saturated heterocycles. The third-order valence-corrected chi connectivity index (χ3v) is 5.58. The maximum atomic E-state index is 12.3. The number of Topliss-reactive ketones (excluding diaryl/α,β-unsaturated/α-hetero) is 1. The molecule has 1 N–H and O–H groups in total. The summed E-state index contributed by atoms with van der Waals surface area (Å²) in [6.07, 6.45) is 3.82. The molecule has 2 aliphatic rings. The predicted octanol–water partition coefficient (Wildman–Crippen LogP) is 3.87. The lowest BCUT2D eigenvalue weighted by molar-refractivity contribution is -0.155. The maximum Gasteiger partial charge on any atom is 0.309 e. The number of nitrogens with one attached hydrogen (secondary N) is 1. The molecule has 2 atom stereocenters. The first-order chi connectivity index (χ1) is 12.0. The molecular weight excluding hydrogens is 365 g/mol. The number of ketones is 1. The summed E-state index contributed by atoms with van der Waals surface area (Å²) >= 11 is 12.0. The van der Waals surface area contributed by atoms with Crippen LogP contribution in [0.1, 0.15) is 32.1 Å². The zero-order chi connectivity index (χ0) is 18.0. The van der Waals surface area contributed by atoms with Crippen LogP contribution in [0.4, 0.5) is 5.69 Å². The van der Waals surface area contributed by atoms with Gasteiger partial charge in [-0.3, -0.25) is 14.4 Å². The first kappa shape index (κ1) is 18.2. The number of hydrogen-bond donors (Lipinski definition) is 1. The number of ether oxygens (including phenoxy) is 1. The Bertz CT molecular complexity index is 670. The molecule has 7 heteroatoms. The highest BCUT2D eigenvalue weighted by Crippen LogP contribution is 2.40. The lowest BCUT2D eigenvalue weighted by atomic mass is 9.67. The molecule has 1 aromatic carbocycles. The van der Waals surface area contributed by atoms with Gasteiger partial charge in [-0.1, -0.05) is 35.7 Å². The van der Waals surface area contributed by atoms with Crippen LogP contribution >= 0.6 is 23.2 Å². The molecule has 2 fully saturated rings. The summed E-state index contributed by atoms with van der Waals surface area (Å²) in [7, 11) is 0. The summed E-state index contributed by atoms with van der Waals surface area (Å²) in [4.78, 5) is 36.3. The standard InChI is InChI=1S/C18H19Cl2NO4/c19-13-5-2-6-14(20)16(13)21-15(22)9-25-18(24)12-7-10-3-1-4-11(8-12)17(10)23/h2,5-6,10-12H,1,3-4,7-9H2,(H,21,22)/t10-,11-/m1/s1. The van der Waals surface area contributed by atoms with Crippen molar-refractivity contribution in [1.82, 2.24) is 0 Å². The first-order valence-electron chi connectivity index (χ1n) is 8.40. The van der Waals surface area contributed by atoms with Crippen LogP contribution < -0.4 is 5.32 Å². The predicted molar refractivity (Wildman–Crippen MR) is 94.6 cm³/mol. The minimum absolute atomic E-state index is 0.0270. The van der Waals surface area contributed by atoms with E-state index in [0.717, 1.165) is 19.3 Å². The van der Waals surface area contributed by atoms with Crippen LogP contribution in [0.2, 0.25) is 10.0 Å². The van der Waals surface area contributed by atoms with Gasteiger partial charge in [0.15, 0.2) is 6.61 Å². The number of benzene rings is 1. The van der Waals surface area contributed by atoms with E-state index in [4.69, 9.17) is 27.9 Å². The molecule has 0 aromatic heterocycles. The van der Waals surface area contributed by atoms with Crippen molar-refractivity contribution in [1.29, 1.82) is 0 Å². The van der Waals surface area contributed by atoms with Gasteiger partial charge in [0.05, 0.1) is 21.7 Å². The van der Waals surface area contributed by atoms with Crippen molar-refractivity contribution in [3.63, 3.8) is 0 Å². The Morgan fingerprint density at radius 2 is 1.72 bits per heavy atom. The molecule has 0 aliphatic heterocycles.